The topological polar surface area (TPSA) is 95.9 Å². The van der Waals surface area contributed by atoms with Crippen molar-refractivity contribution >= 4 is 17.7 Å². The van der Waals surface area contributed by atoms with Gasteiger partial charge in [-0.05, 0) is 42.8 Å². The number of amides is 1. The number of nitrogens with zero attached hydrogens (tertiary/aromatic N) is 4. The van der Waals surface area contributed by atoms with Gasteiger partial charge in [-0.1, -0.05) is 18.7 Å². The number of hydrogen-bond acceptors (Lipinski definition) is 6. The molecule has 1 amide bonds. The van der Waals surface area contributed by atoms with E-state index in [-0.39, 0.29) is 11.2 Å². The summed E-state index contributed by atoms with van der Waals surface area (Å²) in [5.41, 5.74) is 7.24. The summed E-state index contributed by atoms with van der Waals surface area (Å²) in [7, 11) is 1.62. The fraction of sp³-hybridized carbons (Fsp3) is 0.222. The molecule has 26 heavy (non-hydrogen) atoms. The summed E-state index contributed by atoms with van der Waals surface area (Å²) in [6, 6.07) is 11.3. The molecule has 2 heterocycles. The fourth-order valence-corrected chi connectivity index (χ4v) is 3.39. The molecular weight excluding hydrogens is 350 g/mol. The molecule has 0 aliphatic carbocycles. The number of hydrogen-bond donors (Lipinski definition) is 1. The van der Waals surface area contributed by atoms with E-state index < -0.39 is 0 Å². The maximum Gasteiger partial charge on any atom is 0.231 e. The van der Waals surface area contributed by atoms with Crippen LogP contribution in [0.2, 0.25) is 0 Å². The number of carbonyl (C=O) groups excluding carboxylic acids is 1. The third-order valence-corrected chi connectivity index (χ3v) is 5.16. The standard InChI is InChI=1S/C18H19N5O2S/c1-3-15(16(19)24)26-18-22-21-17(12-8-10-20-11-9-12)23(18)13-4-6-14(25-2)7-5-13/h4-11,15H,3H2,1-2H3,(H2,19,24). The van der Waals surface area contributed by atoms with Crippen LogP contribution in [0.25, 0.3) is 17.1 Å². The zero-order chi connectivity index (χ0) is 18.5. The van der Waals surface area contributed by atoms with Gasteiger partial charge in [-0.25, -0.2) is 0 Å². The van der Waals surface area contributed by atoms with Crippen LogP contribution in [0, 0.1) is 0 Å². The van der Waals surface area contributed by atoms with Crippen LogP contribution in [-0.4, -0.2) is 38.0 Å². The van der Waals surface area contributed by atoms with Crippen LogP contribution < -0.4 is 10.5 Å². The second-order valence-corrected chi connectivity index (χ2v) is 6.66. The van der Waals surface area contributed by atoms with E-state index in [0.717, 1.165) is 17.0 Å². The summed E-state index contributed by atoms with van der Waals surface area (Å²) in [5.74, 6) is 1.05. The van der Waals surface area contributed by atoms with E-state index in [1.807, 2.05) is 47.9 Å². The number of thioether (sulfide) groups is 1. The third kappa shape index (κ3) is 3.70. The summed E-state index contributed by atoms with van der Waals surface area (Å²) < 4.78 is 7.14. The first-order valence-electron chi connectivity index (χ1n) is 8.10. The second kappa shape index (κ2) is 8.01. The molecule has 134 valence electrons. The molecule has 2 aromatic heterocycles. The Balaban J connectivity index is 2.10. The van der Waals surface area contributed by atoms with Crippen molar-refractivity contribution in [3.05, 3.63) is 48.8 Å². The molecule has 0 saturated carbocycles. The highest BCUT2D eigenvalue weighted by Crippen LogP contribution is 2.31. The van der Waals surface area contributed by atoms with Crippen LogP contribution in [0.4, 0.5) is 0 Å². The summed E-state index contributed by atoms with van der Waals surface area (Å²) in [6.45, 7) is 1.92. The van der Waals surface area contributed by atoms with E-state index >= 15 is 0 Å². The van der Waals surface area contributed by atoms with Gasteiger partial charge >= 0.3 is 0 Å². The summed E-state index contributed by atoms with van der Waals surface area (Å²) in [6.07, 6.45) is 4.01. The third-order valence-electron chi connectivity index (χ3n) is 3.84. The Bertz CT molecular complexity index is 880. The van der Waals surface area contributed by atoms with Gasteiger partial charge in [0.1, 0.15) is 5.75 Å². The number of methoxy groups -OCH3 is 1. The lowest BCUT2D eigenvalue weighted by Gasteiger charge is -2.13. The number of primary amides is 1. The predicted molar refractivity (Wildman–Crippen MR) is 100 cm³/mol. The molecule has 7 nitrogen and oxygen atoms in total. The maximum absolute atomic E-state index is 11.7. The Hall–Kier alpha value is -2.87. The van der Waals surface area contributed by atoms with Gasteiger partial charge in [0.05, 0.1) is 12.4 Å². The van der Waals surface area contributed by atoms with Gasteiger partial charge in [0.15, 0.2) is 11.0 Å². The zero-order valence-electron chi connectivity index (χ0n) is 14.5. The molecule has 1 unspecified atom stereocenters. The van der Waals surface area contributed by atoms with Crippen LogP contribution in [0.15, 0.2) is 53.9 Å². The highest BCUT2D eigenvalue weighted by atomic mass is 32.2. The lowest BCUT2D eigenvalue weighted by Crippen LogP contribution is -2.25. The van der Waals surface area contributed by atoms with E-state index in [2.05, 4.69) is 15.2 Å². The molecule has 3 aromatic rings. The van der Waals surface area contributed by atoms with Gasteiger partial charge in [0.25, 0.3) is 0 Å². The molecule has 3 rings (SSSR count). The average molecular weight is 369 g/mol. The normalized spacial score (nSPS) is 11.9. The largest absolute Gasteiger partial charge is 0.497 e. The molecule has 0 bridgehead atoms. The van der Waals surface area contributed by atoms with Gasteiger partial charge < -0.3 is 10.5 Å². The molecule has 0 fully saturated rings. The summed E-state index contributed by atoms with van der Waals surface area (Å²) in [5, 5.41) is 8.86. The monoisotopic (exact) mass is 369 g/mol. The minimum Gasteiger partial charge on any atom is -0.497 e. The Morgan fingerprint density at radius 2 is 1.88 bits per heavy atom. The number of benzene rings is 1. The first-order valence-corrected chi connectivity index (χ1v) is 8.98. The molecule has 1 aromatic carbocycles. The molecule has 8 heteroatoms. The highest BCUT2D eigenvalue weighted by molar-refractivity contribution is 8.00. The van der Waals surface area contributed by atoms with E-state index in [1.54, 1.807) is 19.5 Å². The minimum absolute atomic E-state index is 0.368. The number of carbonyl (C=O) groups is 1. The predicted octanol–water partition coefficient (Wildman–Crippen LogP) is 2.69. The van der Waals surface area contributed by atoms with Crippen molar-refractivity contribution in [2.75, 3.05) is 7.11 Å². The first-order chi connectivity index (χ1) is 12.6. The lowest BCUT2D eigenvalue weighted by atomic mass is 10.2. The molecule has 1 atom stereocenters. The van der Waals surface area contributed by atoms with Crippen molar-refractivity contribution in [3.63, 3.8) is 0 Å². The van der Waals surface area contributed by atoms with Crippen LogP contribution in [0.1, 0.15) is 13.3 Å². The molecule has 0 spiro atoms. The summed E-state index contributed by atoms with van der Waals surface area (Å²) in [4.78, 5) is 15.7. The number of pyridine rings is 1. The number of ether oxygens (including phenoxy) is 1. The van der Waals surface area contributed by atoms with E-state index in [0.29, 0.717) is 17.4 Å². The van der Waals surface area contributed by atoms with Crippen LogP contribution in [0.5, 0.6) is 5.75 Å². The van der Waals surface area contributed by atoms with Crippen molar-refractivity contribution in [2.45, 2.75) is 23.8 Å². The van der Waals surface area contributed by atoms with Gasteiger partial charge in [-0.2, -0.15) is 0 Å². The van der Waals surface area contributed by atoms with Crippen molar-refractivity contribution in [3.8, 4) is 22.8 Å². The number of rotatable bonds is 7. The Morgan fingerprint density at radius 3 is 2.46 bits per heavy atom. The fourth-order valence-electron chi connectivity index (χ4n) is 2.47. The first kappa shape index (κ1) is 17.9. The van der Waals surface area contributed by atoms with Crippen LogP contribution in [0.3, 0.4) is 0 Å². The Labute approximate surface area is 155 Å². The number of aromatic nitrogens is 4. The smallest absolute Gasteiger partial charge is 0.231 e. The second-order valence-electron chi connectivity index (χ2n) is 5.49. The molecule has 2 N–H and O–H groups in total. The summed E-state index contributed by atoms with van der Waals surface area (Å²) >= 11 is 1.31. The molecule has 0 aliphatic heterocycles. The van der Waals surface area contributed by atoms with E-state index in [1.165, 1.54) is 11.8 Å². The maximum atomic E-state index is 11.7. The van der Waals surface area contributed by atoms with Crippen molar-refractivity contribution in [1.29, 1.82) is 0 Å². The van der Waals surface area contributed by atoms with E-state index in [9.17, 15) is 4.79 Å². The number of nitrogens with two attached hydrogens (primary N) is 1. The van der Waals surface area contributed by atoms with Crippen LogP contribution in [-0.2, 0) is 4.79 Å². The Kier molecular flexibility index (Phi) is 5.52. The van der Waals surface area contributed by atoms with Crippen molar-refractivity contribution < 1.29 is 9.53 Å². The van der Waals surface area contributed by atoms with Crippen LogP contribution >= 0.6 is 11.8 Å². The van der Waals surface area contributed by atoms with E-state index in [4.69, 9.17) is 10.5 Å². The molecular formula is C18H19N5O2S. The lowest BCUT2D eigenvalue weighted by molar-refractivity contribution is -0.117. The van der Waals surface area contributed by atoms with Crippen molar-refractivity contribution in [1.82, 2.24) is 19.7 Å². The van der Waals surface area contributed by atoms with Gasteiger partial charge in [-0.3, -0.25) is 14.3 Å². The molecule has 0 saturated heterocycles. The quantitative estimate of drug-likeness (QED) is 0.643. The highest BCUT2D eigenvalue weighted by Gasteiger charge is 2.22. The van der Waals surface area contributed by atoms with Crippen molar-refractivity contribution in [2.24, 2.45) is 5.73 Å². The Morgan fingerprint density at radius 1 is 1.19 bits per heavy atom. The SMILES string of the molecule is CCC(Sc1nnc(-c2ccncc2)n1-c1ccc(OC)cc1)C(N)=O. The molecule has 0 aliphatic rings. The average Bonchev–Trinajstić information content (AvgIpc) is 3.10. The molecule has 0 radical (unpaired) electrons. The zero-order valence-corrected chi connectivity index (χ0v) is 15.3. The van der Waals surface area contributed by atoms with Gasteiger partial charge in [0, 0.05) is 23.6 Å². The van der Waals surface area contributed by atoms with Gasteiger partial charge in [0.2, 0.25) is 5.91 Å². The van der Waals surface area contributed by atoms with Gasteiger partial charge in [-0.15, -0.1) is 10.2 Å². The minimum atomic E-state index is -0.374.